The Kier molecular flexibility index (Phi) is 4.93. The Bertz CT molecular complexity index is 1230. The molecule has 150 valence electrons. The first-order valence-electron chi connectivity index (χ1n) is 9.89. The number of benzene rings is 2. The molecule has 5 nitrogen and oxygen atoms in total. The van der Waals surface area contributed by atoms with Crippen molar-refractivity contribution in [2.75, 3.05) is 7.11 Å². The van der Waals surface area contributed by atoms with E-state index in [-0.39, 0.29) is 12.6 Å². The lowest BCUT2D eigenvalue weighted by Crippen LogP contribution is -2.10. The number of carbonyl (C=O) groups is 1. The monoisotopic (exact) mass is 416 g/mol. The van der Waals surface area contributed by atoms with E-state index in [1.807, 2.05) is 53.9 Å². The molecule has 4 aromatic rings. The van der Waals surface area contributed by atoms with Crippen molar-refractivity contribution in [3.05, 3.63) is 76.4 Å². The average Bonchev–Trinajstić information content (AvgIpc) is 3.45. The number of pyridine rings is 1. The molecule has 5 rings (SSSR count). The lowest BCUT2D eigenvalue weighted by atomic mass is 10.0. The maximum atomic E-state index is 13.1. The van der Waals surface area contributed by atoms with Crippen LogP contribution < -0.4 is 4.74 Å². The lowest BCUT2D eigenvalue weighted by molar-refractivity contribution is 0.0469. The highest BCUT2D eigenvalue weighted by Crippen LogP contribution is 2.31. The summed E-state index contributed by atoms with van der Waals surface area (Å²) in [5.41, 5.74) is 5.33. The van der Waals surface area contributed by atoms with Crippen molar-refractivity contribution in [2.24, 2.45) is 0 Å². The second kappa shape index (κ2) is 7.88. The molecule has 0 unspecified atom stereocenters. The maximum Gasteiger partial charge on any atom is 0.339 e. The Morgan fingerprint density at radius 3 is 2.73 bits per heavy atom. The molecular weight excluding hydrogens is 396 g/mol. The van der Waals surface area contributed by atoms with Gasteiger partial charge in [0, 0.05) is 22.0 Å². The highest BCUT2D eigenvalue weighted by atomic mass is 32.1. The lowest BCUT2D eigenvalue weighted by Gasteiger charge is -2.11. The molecule has 0 bridgehead atoms. The Labute approximate surface area is 178 Å². The molecule has 0 saturated carbocycles. The molecule has 1 aliphatic carbocycles. The van der Waals surface area contributed by atoms with Crippen LogP contribution in [0.3, 0.4) is 0 Å². The van der Waals surface area contributed by atoms with E-state index in [1.54, 1.807) is 7.11 Å². The summed E-state index contributed by atoms with van der Waals surface area (Å²) in [4.78, 5) is 22.4. The second-order valence-electron chi connectivity index (χ2n) is 7.23. The van der Waals surface area contributed by atoms with E-state index in [2.05, 4.69) is 4.98 Å². The standard InChI is InChI=1S/C24H20N2O3S/c1-28-17-11-9-15(10-12-17)23-25-16(14-30-23)13-29-24(27)22-18-5-2-3-7-20(18)26-21-8-4-6-19(21)22/h2-3,5,7,9-12,14H,4,6,8,13H2,1H3. The quantitative estimate of drug-likeness (QED) is 0.418. The molecule has 0 N–H and O–H groups in total. The molecule has 2 heterocycles. The van der Waals surface area contributed by atoms with Crippen LogP contribution in [0.2, 0.25) is 0 Å². The van der Waals surface area contributed by atoms with Crippen molar-refractivity contribution >= 4 is 28.2 Å². The van der Waals surface area contributed by atoms with Gasteiger partial charge in [-0.05, 0) is 55.2 Å². The van der Waals surface area contributed by atoms with Gasteiger partial charge in [-0.3, -0.25) is 4.98 Å². The Balaban J connectivity index is 1.37. The number of para-hydroxylation sites is 1. The number of esters is 1. The number of nitrogens with zero attached hydrogens (tertiary/aromatic N) is 2. The minimum absolute atomic E-state index is 0.150. The molecule has 0 atom stereocenters. The fraction of sp³-hybridized carbons (Fsp3) is 0.208. The highest BCUT2D eigenvalue weighted by Gasteiger charge is 2.24. The van der Waals surface area contributed by atoms with E-state index >= 15 is 0 Å². The van der Waals surface area contributed by atoms with Gasteiger partial charge in [-0.1, -0.05) is 18.2 Å². The third-order valence-electron chi connectivity index (χ3n) is 5.36. The van der Waals surface area contributed by atoms with Crippen LogP contribution >= 0.6 is 11.3 Å². The van der Waals surface area contributed by atoms with E-state index in [1.165, 1.54) is 11.3 Å². The van der Waals surface area contributed by atoms with Gasteiger partial charge in [0.25, 0.3) is 0 Å². The predicted octanol–water partition coefficient (Wildman–Crippen LogP) is 5.21. The first-order valence-corrected chi connectivity index (χ1v) is 10.8. The Hall–Kier alpha value is -3.25. The predicted molar refractivity (Wildman–Crippen MR) is 117 cm³/mol. The summed E-state index contributed by atoms with van der Waals surface area (Å²) in [7, 11) is 1.65. The Morgan fingerprint density at radius 2 is 1.90 bits per heavy atom. The van der Waals surface area contributed by atoms with Gasteiger partial charge in [-0.25, -0.2) is 9.78 Å². The minimum Gasteiger partial charge on any atom is -0.497 e. The summed E-state index contributed by atoms with van der Waals surface area (Å²) in [5, 5.41) is 3.68. The van der Waals surface area contributed by atoms with Crippen LogP contribution in [0.5, 0.6) is 5.75 Å². The third kappa shape index (κ3) is 3.44. The fourth-order valence-electron chi connectivity index (χ4n) is 3.90. The highest BCUT2D eigenvalue weighted by molar-refractivity contribution is 7.13. The van der Waals surface area contributed by atoms with Crippen molar-refractivity contribution < 1.29 is 14.3 Å². The zero-order valence-electron chi connectivity index (χ0n) is 16.6. The summed E-state index contributed by atoms with van der Waals surface area (Å²) in [5.74, 6) is 0.507. The average molecular weight is 417 g/mol. The number of thiazole rings is 1. The van der Waals surface area contributed by atoms with Crippen LogP contribution in [-0.2, 0) is 24.2 Å². The first-order chi connectivity index (χ1) is 14.7. The molecule has 2 aromatic heterocycles. The van der Waals surface area contributed by atoms with Gasteiger partial charge < -0.3 is 9.47 Å². The zero-order valence-corrected chi connectivity index (χ0v) is 17.4. The number of carbonyl (C=O) groups excluding carboxylic acids is 1. The molecule has 0 fully saturated rings. The second-order valence-corrected chi connectivity index (χ2v) is 8.09. The van der Waals surface area contributed by atoms with Crippen LogP contribution in [-0.4, -0.2) is 23.0 Å². The van der Waals surface area contributed by atoms with Crippen LogP contribution in [0.4, 0.5) is 0 Å². The van der Waals surface area contributed by atoms with E-state index in [9.17, 15) is 4.79 Å². The number of rotatable bonds is 5. The van der Waals surface area contributed by atoms with Gasteiger partial charge in [0.1, 0.15) is 17.4 Å². The van der Waals surface area contributed by atoms with E-state index in [0.29, 0.717) is 5.56 Å². The topological polar surface area (TPSA) is 61.3 Å². The summed E-state index contributed by atoms with van der Waals surface area (Å²) in [6.07, 6.45) is 2.81. The molecule has 6 heteroatoms. The molecule has 0 radical (unpaired) electrons. The van der Waals surface area contributed by atoms with Crippen molar-refractivity contribution in [3.63, 3.8) is 0 Å². The van der Waals surface area contributed by atoms with Gasteiger partial charge in [0.15, 0.2) is 0 Å². The maximum absolute atomic E-state index is 13.1. The van der Waals surface area contributed by atoms with E-state index in [0.717, 1.165) is 63.4 Å². The number of ether oxygens (including phenoxy) is 2. The molecule has 0 saturated heterocycles. The molecule has 0 spiro atoms. The summed E-state index contributed by atoms with van der Waals surface area (Å²) in [6.45, 7) is 0.150. The SMILES string of the molecule is COc1ccc(-c2nc(COC(=O)c3c4c(nc5ccccc35)CCC4)cs2)cc1. The third-order valence-corrected chi connectivity index (χ3v) is 6.30. The van der Waals surface area contributed by atoms with Gasteiger partial charge in [-0.2, -0.15) is 0 Å². The van der Waals surface area contributed by atoms with Crippen LogP contribution in [0, 0.1) is 0 Å². The zero-order chi connectivity index (χ0) is 20.5. The summed E-state index contributed by atoms with van der Waals surface area (Å²) in [6, 6.07) is 15.5. The van der Waals surface area contributed by atoms with E-state index < -0.39 is 0 Å². The molecule has 1 aliphatic rings. The summed E-state index contributed by atoms with van der Waals surface area (Å²) < 4.78 is 10.9. The van der Waals surface area contributed by atoms with Crippen molar-refractivity contribution in [3.8, 4) is 16.3 Å². The van der Waals surface area contributed by atoms with Gasteiger partial charge >= 0.3 is 5.97 Å². The molecule has 0 amide bonds. The van der Waals surface area contributed by atoms with Crippen molar-refractivity contribution in [2.45, 2.75) is 25.9 Å². The number of methoxy groups -OCH3 is 1. The largest absolute Gasteiger partial charge is 0.497 e. The number of hydrogen-bond acceptors (Lipinski definition) is 6. The molecule has 0 aliphatic heterocycles. The van der Waals surface area contributed by atoms with Gasteiger partial charge in [0.2, 0.25) is 0 Å². The van der Waals surface area contributed by atoms with E-state index in [4.69, 9.17) is 14.5 Å². The van der Waals surface area contributed by atoms with Gasteiger partial charge in [0.05, 0.1) is 23.9 Å². The summed E-state index contributed by atoms with van der Waals surface area (Å²) >= 11 is 1.53. The first kappa shape index (κ1) is 18.8. The Morgan fingerprint density at radius 1 is 1.07 bits per heavy atom. The molecule has 2 aromatic carbocycles. The minimum atomic E-state index is -0.300. The normalized spacial score (nSPS) is 12.7. The van der Waals surface area contributed by atoms with Crippen molar-refractivity contribution in [1.29, 1.82) is 0 Å². The van der Waals surface area contributed by atoms with Crippen LogP contribution in [0.25, 0.3) is 21.5 Å². The number of fused-ring (bicyclic) bond motifs is 2. The number of aryl methyl sites for hydroxylation is 1. The number of hydrogen-bond donors (Lipinski definition) is 0. The molecule has 30 heavy (non-hydrogen) atoms. The number of aromatic nitrogens is 2. The fourth-order valence-corrected chi connectivity index (χ4v) is 4.71. The van der Waals surface area contributed by atoms with Gasteiger partial charge in [-0.15, -0.1) is 11.3 Å². The smallest absolute Gasteiger partial charge is 0.339 e. The molecular formula is C24H20N2O3S. The van der Waals surface area contributed by atoms with Crippen molar-refractivity contribution in [1.82, 2.24) is 9.97 Å². The van der Waals surface area contributed by atoms with Crippen LogP contribution in [0.15, 0.2) is 53.9 Å². The van der Waals surface area contributed by atoms with Crippen LogP contribution in [0.1, 0.15) is 33.7 Å².